The molecule has 0 N–H and O–H groups in total. The van der Waals surface area contributed by atoms with Gasteiger partial charge in [-0.05, 0) is 268 Å². The molecule has 76 heavy (non-hydrogen) atoms. The largest absolute Gasteiger partial charge is 0.340 e. The molecule has 6 aromatic rings. The third kappa shape index (κ3) is 4.89. The van der Waals surface area contributed by atoms with Crippen LogP contribution in [0, 0.1) is 71.0 Å². The topological polar surface area (TPSA) is 37.3 Å². The Balaban J connectivity index is 1.00. The number of rotatable bonds is 2. The van der Waals surface area contributed by atoms with Crippen molar-refractivity contribution < 1.29 is 0 Å². The van der Waals surface area contributed by atoms with Crippen LogP contribution < -0.4 is 37.3 Å². The molecule has 10 atom stereocenters. The van der Waals surface area contributed by atoms with Crippen LogP contribution in [0.4, 0.5) is 22.7 Å². The average Bonchev–Trinajstić information content (AvgIpc) is 3.89. The molecule has 3 aromatic heterocycles. The molecule has 14 bridgehead atoms. The average molecular weight is 996 g/mol. The third-order valence-electron chi connectivity index (χ3n) is 25.7. The van der Waals surface area contributed by atoms with Gasteiger partial charge in [-0.15, -0.1) is 0 Å². The summed E-state index contributed by atoms with van der Waals surface area (Å²) in [5.41, 5.74) is 29.9. The Kier molecular flexibility index (Phi) is 7.73. The summed E-state index contributed by atoms with van der Waals surface area (Å²) in [6, 6.07) is 26.6. The molecule has 3 aromatic carbocycles. The maximum Gasteiger partial charge on any atom is 0.340 e. The van der Waals surface area contributed by atoms with Gasteiger partial charge in [0.05, 0.1) is 0 Å². The first-order chi connectivity index (χ1) is 37.4. The molecular weight excluding hydrogens is 924 g/mol. The Morgan fingerprint density at radius 1 is 0.421 bits per heavy atom. The summed E-state index contributed by atoms with van der Waals surface area (Å²) in [6.07, 6.45) is 25.2. The second kappa shape index (κ2) is 14.0. The number of hydrogen-bond acceptors (Lipinski definition) is 3. The van der Waals surface area contributed by atoms with Crippen molar-refractivity contribution in [2.45, 2.75) is 160 Å². The predicted molar refractivity (Wildman–Crippen MR) is 307 cm³/mol. The van der Waals surface area contributed by atoms with Gasteiger partial charge in [-0.3, -0.25) is 13.4 Å². The van der Waals surface area contributed by atoms with Crippen LogP contribution in [0.3, 0.4) is 0 Å². The summed E-state index contributed by atoms with van der Waals surface area (Å²) < 4.78 is 8.09. The molecule has 18 aliphatic rings. The van der Waals surface area contributed by atoms with Gasteiger partial charge < -0.3 is 9.80 Å². The highest BCUT2D eigenvalue weighted by molar-refractivity contribution is 6.99. The van der Waals surface area contributed by atoms with E-state index in [1.807, 2.05) is 5.47 Å². The Morgan fingerprint density at radius 3 is 1.36 bits per heavy atom. The van der Waals surface area contributed by atoms with Crippen molar-refractivity contribution in [1.82, 2.24) is 13.4 Å². The van der Waals surface area contributed by atoms with Gasteiger partial charge in [-0.2, -0.15) is 0 Å². The fourth-order valence-electron chi connectivity index (χ4n) is 24.5. The number of hydrogen-bond donors (Lipinski definition) is 0. The first-order valence-electron chi connectivity index (χ1n) is 31.7. The quantitative estimate of drug-likeness (QED) is 0.162. The Bertz CT molecular complexity index is 3780. The lowest BCUT2D eigenvalue weighted by Crippen LogP contribution is -2.65. The normalized spacial score (nSPS) is 38.3. The van der Waals surface area contributed by atoms with E-state index in [9.17, 15) is 0 Å². The molecule has 0 saturated heterocycles. The minimum atomic E-state index is 0.147. The number of benzene rings is 3. The van der Waals surface area contributed by atoms with Gasteiger partial charge in [-0.25, -0.2) is 4.79 Å². The second-order valence-corrected chi connectivity index (χ2v) is 29.8. The van der Waals surface area contributed by atoms with E-state index in [0.717, 1.165) is 41.4 Å². The standard InChI is InChI=1S/C68H71B2N5O/c1-33-13-35-15-34(2)55-63(45(14-33)25-35)71(49-9-5-3-6-10-49)51-32-52-58-65-57(51)69(55)59-53-42-19-36-16-37(20-42)27-46(26-36)61(53)74-66(59)73(65)67-60(54-43-21-38-17-39(22-43)29-47(28-38)62(54)75(67)68(74)76)70(58)56-44-23-40-18-41(24-44)31-48(30-40)64(56)72(52)50-11-7-4-8-12-50/h3-12,32-48H,13-31H2,1-2H3. The molecule has 14 aliphatic carbocycles. The molecule has 10 unspecified atom stereocenters. The summed E-state index contributed by atoms with van der Waals surface area (Å²) in [5.74, 6) is 10.3. The van der Waals surface area contributed by atoms with Crippen LogP contribution in [0.5, 0.6) is 0 Å². The first-order valence-corrected chi connectivity index (χ1v) is 31.7. The number of aromatic nitrogens is 3. The van der Waals surface area contributed by atoms with Crippen molar-refractivity contribution in [2.75, 3.05) is 9.80 Å². The number of allylic oxidation sites excluding steroid dienone is 4. The highest BCUT2D eigenvalue weighted by atomic mass is 16.1. The van der Waals surface area contributed by atoms with Crippen LogP contribution >= 0.6 is 0 Å². The molecule has 6 nitrogen and oxygen atoms in total. The van der Waals surface area contributed by atoms with E-state index < -0.39 is 0 Å². The van der Waals surface area contributed by atoms with Gasteiger partial charge in [-0.1, -0.05) is 61.2 Å². The highest BCUT2D eigenvalue weighted by Gasteiger charge is 2.61. The van der Waals surface area contributed by atoms with Gasteiger partial charge in [0.2, 0.25) is 13.4 Å². The van der Waals surface area contributed by atoms with Crippen LogP contribution in [0.15, 0.2) is 93.9 Å². The maximum absolute atomic E-state index is 17.3. The zero-order chi connectivity index (χ0) is 49.0. The van der Waals surface area contributed by atoms with Crippen molar-refractivity contribution >= 4 is 69.3 Å². The maximum atomic E-state index is 17.3. The van der Waals surface area contributed by atoms with E-state index >= 15 is 4.79 Å². The smallest absolute Gasteiger partial charge is 0.315 e. The lowest BCUT2D eigenvalue weighted by atomic mass is 9.27. The number of anilines is 4. The van der Waals surface area contributed by atoms with Crippen molar-refractivity contribution in [3.05, 3.63) is 122 Å². The predicted octanol–water partition coefficient (Wildman–Crippen LogP) is 12.4. The Labute approximate surface area is 448 Å². The van der Waals surface area contributed by atoms with Crippen LogP contribution in [0.2, 0.25) is 0 Å². The molecule has 7 saturated carbocycles. The summed E-state index contributed by atoms with van der Waals surface area (Å²) >= 11 is 0. The van der Waals surface area contributed by atoms with Crippen molar-refractivity contribution in [3.63, 3.8) is 0 Å². The third-order valence-corrected chi connectivity index (χ3v) is 25.7. The van der Waals surface area contributed by atoms with Crippen LogP contribution in [-0.4, -0.2) is 26.8 Å². The molecule has 380 valence electrons. The molecule has 0 spiro atoms. The summed E-state index contributed by atoms with van der Waals surface area (Å²) in [4.78, 5) is 23.2. The van der Waals surface area contributed by atoms with E-state index in [2.05, 4.69) is 104 Å². The molecular formula is C68H71B2N5O. The molecule has 0 radical (unpaired) electrons. The molecule has 8 heteroatoms. The summed E-state index contributed by atoms with van der Waals surface area (Å²) in [7, 11) is 0. The van der Waals surface area contributed by atoms with Crippen LogP contribution in [0.1, 0.15) is 182 Å². The fourth-order valence-corrected chi connectivity index (χ4v) is 24.5. The lowest BCUT2D eigenvalue weighted by molar-refractivity contribution is 0.139. The van der Waals surface area contributed by atoms with Gasteiger partial charge in [0.25, 0.3) is 0 Å². The zero-order valence-electron chi connectivity index (χ0n) is 44.8. The van der Waals surface area contributed by atoms with Crippen LogP contribution in [0.25, 0.3) is 17.0 Å². The van der Waals surface area contributed by atoms with Crippen molar-refractivity contribution in [2.24, 2.45) is 71.0 Å². The van der Waals surface area contributed by atoms with Crippen LogP contribution in [-0.2, 0) is 0 Å². The number of nitrogens with zero attached hydrogens (tertiary/aromatic N) is 5. The first kappa shape index (κ1) is 41.9. The zero-order valence-corrected chi connectivity index (χ0v) is 44.8. The van der Waals surface area contributed by atoms with Crippen molar-refractivity contribution in [3.8, 4) is 5.69 Å². The van der Waals surface area contributed by atoms with E-state index in [0.29, 0.717) is 59.0 Å². The second-order valence-electron chi connectivity index (χ2n) is 29.8. The van der Waals surface area contributed by atoms with E-state index in [4.69, 9.17) is 0 Å². The highest BCUT2D eigenvalue weighted by Crippen LogP contribution is 2.63. The Morgan fingerprint density at radius 2 is 0.842 bits per heavy atom. The van der Waals surface area contributed by atoms with E-state index in [1.165, 1.54) is 173 Å². The van der Waals surface area contributed by atoms with Gasteiger partial charge >= 0.3 is 5.69 Å². The monoisotopic (exact) mass is 996 g/mol. The molecule has 4 aliphatic heterocycles. The fraction of sp³-hybridized carbons (Fsp3) is 0.544. The number of fused-ring (bicyclic) bond motifs is 6. The molecule has 0 amide bonds. The van der Waals surface area contributed by atoms with Crippen molar-refractivity contribution in [1.29, 1.82) is 0 Å². The molecule has 24 rings (SSSR count). The van der Waals surface area contributed by atoms with Gasteiger partial charge in [0.1, 0.15) is 11.3 Å². The van der Waals surface area contributed by atoms with E-state index in [-0.39, 0.29) is 13.4 Å². The summed E-state index contributed by atoms with van der Waals surface area (Å²) in [6.45, 7) is 5.59. The van der Waals surface area contributed by atoms with Gasteiger partial charge in [0, 0.05) is 63.1 Å². The minimum absolute atomic E-state index is 0.147. The summed E-state index contributed by atoms with van der Waals surface area (Å²) in [5, 5.41) is 0. The molecule has 7 fully saturated rings. The minimum Gasteiger partial charge on any atom is -0.315 e. The lowest BCUT2D eigenvalue weighted by Gasteiger charge is -2.50. The van der Waals surface area contributed by atoms with E-state index in [1.54, 1.807) is 49.8 Å². The molecule has 7 heterocycles. The number of para-hydroxylation sites is 2. The Hall–Kier alpha value is -5.10. The van der Waals surface area contributed by atoms with Gasteiger partial charge in [0.15, 0.2) is 0 Å². The SMILES string of the molecule is CC1CC2CC(C)C3=C(C(C1)C2)N(c1ccccc1)c1cc2c4c5c1B3c1c3c(n6c(=O)n7c8c(c(c7n-5c16)B4C1=C(C4CC5CC(CC1C5)C4)N2c1ccccc1)C1CC2CC(C1)CC8C2)C1CC2CC(CC3C2)C1.